The van der Waals surface area contributed by atoms with Crippen molar-refractivity contribution in [2.75, 3.05) is 0 Å². The second kappa shape index (κ2) is 6.80. The van der Waals surface area contributed by atoms with Crippen molar-refractivity contribution in [3.8, 4) is 5.75 Å². The van der Waals surface area contributed by atoms with E-state index in [1.807, 2.05) is 0 Å². The lowest BCUT2D eigenvalue weighted by atomic mass is 10.1. The standard InChI is InChI=1S/C20H16FN3O4/c21-12-4-1-11(2-5-12)3-9-15-17-16(24(23-15)20(22)27)10-8-14(18(17)25)19(26)28-13-6-7-13/h1-5,8-10,13,25H,6-7H2,(H2,22,27). The molecule has 1 aliphatic carbocycles. The van der Waals surface area contributed by atoms with Gasteiger partial charge in [-0.15, -0.1) is 0 Å². The Morgan fingerprint density at radius 3 is 2.54 bits per heavy atom. The minimum atomic E-state index is -0.834. The predicted octanol–water partition coefficient (Wildman–Crippen LogP) is 3.30. The molecule has 142 valence electrons. The van der Waals surface area contributed by atoms with Crippen LogP contribution in [0.1, 0.15) is 34.5 Å². The zero-order valence-electron chi connectivity index (χ0n) is 14.6. The van der Waals surface area contributed by atoms with Gasteiger partial charge >= 0.3 is 12.0 Å². The SMILES string of the molecule is NC(=O)n1nc(C=Cc2ccc(F)cc2)c2c(O)c(C(=O)OC3CC3)ccc21. The van der Waals surface area contributed by atoms with Gasteiger partial charge in [0.15, 0.2) is 0 Å². The van der Waals surface area contributed by atoms with Crippen molar-refractivity contribution in [1.29, 1.82) is 0 Å². The smallest absolute Gasteiger partial charge is 0.342 e. The van der Waals surface area contributed by atoms with Crippen LogP contribution >= 0.6 is 0 Å². The molecule has 0 unspecified atom stereocenters. The molecule has 7 nitrogen and oxygen atoms in total. The number of aromatic hydroxyl groups is 1. The maximum absolute atomic E-state index is 13.1. The summed E-state index contributed by atoms with van der Waals surface area (Å²) in [6.45, 7) is 0. The minimum absolute atomic E-state index is 0.0140. The van der Waals surface area contributed by atoms with Crippen LogP contribution in [0.3, 0.4) is 0 Å². The van der Waals surface area contributed by atoms with Gasteiger partial charge in [0, 0.05) is 0 Å². The molecule has 0 atom stereocenters. The van der Waals surface area contributed by atoms with Crippen LogP contribution in [0.4, 0.5) is 9.18 Å². The van der Waals surface area contributed by atoms with Gasteiger partial charge in [0.1, 0.15) is 23.2 Å². The largest absolute Gasteiger partial charge is 0.506 e. The Balaban J connectivity index is 1.80. The van der Waals surface area contributed by atoms with Gasteiger partial charge < -0.3 is 15.6 Å². The van der Waals surface area contributed by atoms with Gasteiger partial charge in [-0.3, -0.25) is 0 Å². The zero-order chi connectivity index (χ0) is 19.8. The first kappa shape index (κ1) is 17.7. The number of rotatable bonds is 4. The Morgan fingerprint density at radius 2 is 1.89 bits per heavy atom. The van der Waals surface area contributed by atoms with Crippen molar-refractivity contribution in [1.82, 2.24) is 9.78 Å². The van der Waals surface area contributed by atoms with E-state index in [1.54, 1.807) is 24.3 Å². The maximum Gasteiger partial charge on any atom is 0.342 e. The number of primary amides is 1. The molecule has 0 spiro atoms. The van der Waals surface area contributed by atoms with Crippen LogP contribution in [0.25, 0.3) is 23.1 Å². The van der Waals surface area contributed by atoms with E-state index in [-0.39, 0.29) is 39.8 Å². The second-order valence-corrected chi connectivity index (χ2v) is 6.48. The average molecular weight is 381 g/mol. The summed E-state index contributed by atoms with van der Waals surface area (Å²) in [5.41, 5.74) is 6.52. The fourth-order valence-corrected chi connectivity index (χ4v) is 2.82. The maximum atomic E-state index is 13.1. The molecule has 1 aliphatic rings. The van der Waals surface area contributed by atoms with Crippen LogP contribution in [-0.2, 0) is 4.74 Å². The normalized spacial score (nSPS) is 13.9. The number of hydrogen-bond acceptors (Lipinski definition) is 5. The Kier molecular flexibility index (Phi) is 4.31. The molecule has 1 heterocycles. The number of carbonyl (C=O) groups excluding carboxylic acids is 2. The van der Waals surface area contributed by atoms with Crippen molar-refractivity contribution >= 4 is 35.1 Å². The monoisotopic (exact) mass is 381 g/mol. The van der Waals surface area contributed by atoms with Crippen LogP contribution in [0.5, 0.6) is 5.75 Å². The number of hydrogen-bond donors (Lipinski definition) is 2. The first-order chi connectivity index (χ1) is 13.4. The number of fused-ring (bicyclic) bond motifs is 1. The molecule has 0 radical (unpaired) electrons. The highest BCUT2D eigenvalue weighted by atomic mass is 19.1. The molecule has 8 heteroatoms. The van der Waals surface area contributed by atoms with Gasteiger partial charge in [-0.25, -0.2) is 14.0 Å². The summed E-state index contributed by atoms with van der Waals surface area (Å²) < 4.78 is 19.2. The van der Waals surface area contributed by atoms with Crippen LogP contribution in [0.2, 0.25) is 0 Å². The van der Waals surface area contributed by atoms with Crippen molar-refractivity contribution in [2.24, 2.45) is 5.73 Å². The number of amides is 1. The molecule has 1 amide bonds. The summed E-state index contributed by atoms with van der Waals surface area (Å²) in [5.74, 6) is -1.34. The highest BCUT2D eigenvalue weighted by molar-refractivity contribution is 6.05. The third-order valence-electron chi connectivity index (χ3n) is 4.38. The molecular weight excluding hydrogens is 365 g/mol. The molecule has 2 aromatic carbocycles. The number of halogens is 1. The lowest BCUT2D eigenvalue weighted by Gasteiger charge is -2.06. The highest BCUT2D eigenvalue weighted by Crippen LogP contribution is 2.34. The molecule has 28 heavy (non-hydrogen) atoms. The van der Waals surface area contributed by atoms with E-state index in [9.17, 15) is 19.1 Å². The number of aromatic nitrogens is 2. The van der Waals surface area contributed by atoms with Gasteiger partial charge in [-0.1, -0.05) is 18.2 Å². The Labute approximate surface area is 158 Å². The third kappa shape index (κ3) is 3.32. The van der Waals surface area contributed by atoms with Crippen LogP contribution in [0, 0.1) is 5.82 Å². The topological polar surface area (TPSA) is 107 Å². The first-order valence-corrected chi connectivity index (χ1v) is 8.63. The summed E-state index contributed by atoms with van der Waals surface area (Å²) >= 11 is 0. The van der Waals surface area contributed by atoms with E-state index in [4.69, 9.17) is 10.5 Å². The average Bonchev–Trinajstić information content (AvgIpc) is 3.39. The molecular formula is C20H16FN3O4. The van der Waals surface area contributed by atoms with Crippen LogP contribution < -0.4 is 5.73 Å². The van der Waals surface area contributed by atoms with Gasteiger partial charge in [0.05, 0.1) is 16.6 Å². The lowest BCUT2D eigenvalue weighted by Crippen LogP contribution is -2.20. The third-order valence-corrected chi connectivity index (χ3v) is 4.38. The molecule has 1 aromatic heterocycles. The summed E-state index contributed by atoms with van der Waals surface area (Å²) in [6.07, 6.45) is 4.68. The van der Waals surface area contributed by atoms with E-state index in [2.05, 4.69) is 5.10 Å². The van der Waals surface area contributed by atoms with E-state index in [1.165, 1.54) is 24.3 Å². The summed E-state index contributed by atoms with van der Waals surface area (Å²) in [7, 11) is 0. The first-order valence-electron chi connectivity index (χ1n) is 8.63. The highest BCUT2D eigenvalue weighted by Gasteiger charge is 2.29. The number of phenols is 1. The second-order valence-electron chi connectivity index (χ2n) is 6.48. The van der Waals surface area contributed by atoms with Crippen molar-refractivity contribution in [3.05, 3.63) is 59.0 Å². The number of esters is 1. The van der Waals surface area contributed by atoms with Crippen LogP contribution in [0.15, 0.2) is 36.4 Å². The number of phenolic OH excluding ortho intramolecular Hbond substituents is 1. The van der Waals surface area contributed by atoms with Gasteiger partial charge in [-0.2, -0.15) is 9.78 Å². The summed E-state index contributed by atoms with van der Waals surface area (Å²) in [4.78, 5) is 24.0. The lowest BCUT2D eigenvalue weighted by molar-refractivity contribution is 0.0469. The van der Waals surface area contributed by atoms with Crippen LogP contribution in [-0.4, -0.2) is 33.0 Å². The number of nitrogens with two attached hydrogens (primary N) is 1. The molecule has 3 N–H and O–H groups in total. The predicted molar refractivity (Wildman–Crippen MR) is 100 cm³/mol. The number of ether oxygens (including phenoxy) is 1. The minimum Gasteiger partial charge on any atom is -0.506 e. The Morgan fingerprint density at radius 1 is 1.18 bits per heavy atom. The molecule has 0 saturated heterocycles. The molecule has 1 fully saturated rings. The van der Waals surface area contributed by atoms with Crippen molar-refractivity contribution in [2.45, 2.75) is 18.9 Å². The Bertz CT molecular complexity index is 1110. The van der Waals surface area contributed by atoms with Crippen molar-refractivity contribution in [3.63, 3.8) is 0 Å². The van der Waals surface area contributed by atoms with E-state index in [0.29, 0.717) is 5.56 Å². The van der Waals surface area contributed by atoms with Crippen molar-refractivity contribution < 1.29 is 23.8 Å². The molecule has 0 aliphatic heterocycles. The van der Waals surface area contributed by atoms with Gasteiger partial charge in [0.25, 0.3) is 0 Å². The van der Waals surface area contributed by atoms with E-state index >= 15 is 0 Å². The fraction of sp³-hybridized carbons (Fsp3) is 0.150. The molecule has 4 rings (SSSR count). The van der Waals surface area contributed by atoms with Gasteiger partial charge in [0.2, 0.25) is 0 Å². The number of nitrogens with zero attached hydrogens (tertiary/aromatic N) is 2. The number of benzene rings is 2. The Hall–Kier alpha value is -3.68. The quantitative estimate of drug-likeness (QED) is 0.674. The molecule has 0 bridgehead atoms. The summed E-state index contributed by atoms with van der Waals surface area (Å²) in [6, 6.07) is 7.77. The summed E-state index contributed by atoms with van der Waals surface area (Å²) in [5, 5.41) is 15.0. The van der Waals surface area contributed by atoms with E-state index < -0.39 is 12.0 Å². The zero-order valence-corrected chi connectivity index (χ0v) is 14.6. The molecule has 1 saturated carbocycles. The van der Waals surface area contributed by atoms with Gasteiger partial charge in [-0.05, 0) is 48.7 Å². The van der Waals surface area contributed by atoms with E-state index in [0.717, 1.165) is 17.5 Å². The molecule has 3 aromatic rings. The fourth-order valence-electron chi connectivity index (χ4n) is 2.82. The number of carbonyl (C=O) groups is 2.